The SMILES string of the molecule is CC1CC1NC(=O)C1CCCCN1. The van der Waals surface area contributed by atoms with Crippen molar-refractivity contribution in [2.75, 3.05) is 6.54 Å². The van der Waals surface area contributed by atoms with E-state index < -0.39 is 0 Å². The second-order valence-electron chi connectivity index (χ2n) is 4.33. The Kier molecular flexibility index (Phi) is 2.54. The third-order valence-electron chi connectivity index (χ3n) is 3.06. The second kappa shape index (κ2) is 3.66. The molecule has 3 unspecified atom stereocenters. The molecule has 3 heteroatoms. The van der Waals surface area contributed by atoms with Gasteiger partial charge in [-0.05, 0) is 31.7 Å². The lowest BCUT2D eigenvalue weighted by Crippen LogP contribution is -2.47. The van der Waals surface area contributed by atoms with Gasteiger partial charge < -0.3 is 10.6 Å². The molecule has 3 atom stereocenters. The summed E-state index contributed by atoms with van der Waals surface area (Å²) in [4.78, 5) is 11.6. The first kappa shape index (κ1) is 9.00. The van der Waals surface area contributed by atoms with Crippen molar-refractivity contribution in [2.45, 2.75) is 44.7 Å². The van der Waals surface area contributed by atoms with Crippen LogP contribution in [0.25, 0.3) is 0 Å². The van der Waals surface area contributed by atoms with Crippen molar-refractivity contribution >= 4 is 5.91 Å². The molecule has 0 aromatic heterocycles. The van der Waals surface area contributed by atoms with E-state index in [1.165, 1.54) is 19.3 Å². The number of carbonyl (C=O) groups is 1. The van der Waals surface area contributed by atoms with Crippen LogP contribution in [0.2, 0.25) is 0 Å². The molecule has 2 fully saturated rings. The zero-order valence-electron chi connectivity index (χ0n) is 8.18. The summed E-state index contributed by atoms with van der Waals surface area (Å²) in [6.45, 7) is 3.18. The zero-order chi connectivity index (χ0) is 9.26. The van der Waals surface area contributed by atoms with E-state index >= 15 is 0 Å². The van der Waals surface area contributed by atoms with Gasteiger partial charge >= 0.3 is 0 Å². The molecule has 0 bridgehead atoms. The topological polar surface area (TPSA) is 41.1 Å². The molecule has 13 heavy (non-hydrogen) atoms. The Hall–Kier alpha value is -0.570. The van der Waals surface area contributed by atoms with Gasteiger partial charge in [0.1, 0.15) is 0 Å². The van der Waals surface area contributed by atoms with Crippen molar-refractivity contribution < 1.29 is 4.79 Å². The minimum atomic E-state index is 0.0848. The largest absolute Gasteiger partial charge is 0.352 e. The predicted octanol–water partition coefficient (Wildman–Crippen LogP) is 0.653. The van der Waals surface area contributed by atoms with Crippen LogP contribution < -0.4 is 10.6 Å². The van der Waals surface area contributed by atoms with E-state index in [2.05, 4.69) is 17.6 Å². The molecule has 1 aliphatic carbocycles. The number of rotatable bonds is 2. The van der Waals surface area contributed by atoms with Gasteiger partial charge in [0.2, 0.25) is 5.91 Å². The smallest absolute Gasteiger partial charge is 0.237 e. The first-order chi connectivity index (χ1) is 6.27. The number of hydrogen-bond donors (Lipinski definition) is 2. The first-order valence-electron chi connectivity index (χ1n) is 5.31. The molecule has 0 aromatic rings. The highest BCUT2D eigenvalue weighted by Gasteiger charge is 2.35. The Morgan fingerprint density at radius 1 is 1.46 bits per heavy atom. The highest BCUT2D eigenvalue weighted by molar-refractivity contribution is 5.82. The molecule has 0 spiro atoms. The van der Waals surface area contributed by atoms with Gasteiger partial charge in [-0.25, -0.2) is 0 Å². The number of piperidine rings is 1. The van der Waals surface area contributed by atoms with Crippen molar-refractivity contribution in [3.63, 3.8) is 0 Å². The van der Waals surface area contributed by atoms with E-state index in [-0.39, 0.29) is 11.9 Å². The van der Waals surface area contributed by atoms with Gasteiger partial charge in [-0.2, -0.15) is 0 Å². The van der Waals surface area contributed by atoms with E-state index in [1.807, 2.05) is 0 Å². The molecular formula is C10H18N2O. The normalized spacial score (nSPS) is 38.4. The van der Waals surface area contributed by atoms with Crippen LogP contribution >= 0.6 is 0 Å². The fourth-order valence-corrected chi connectivity index (χ4v) is 1.88. The Labute approximate surface area is 79.3 Å². The summed E-state index contributed by atoms with van der Waals surface area (Å²) in [7, 11) is 0. The standard InChI is InChI=1S/C10H18N2O/c1-7-6-9(7)12-10(13)8-4-2-3-5-11-8/h7-9,11H,2-6H2,1H3,(H,12,13). The van der Waals surface area contributed by atoms with Gasteiger partial charge in [-0.1, -0.05) is 13.3 Å². The van der Waals surface area contributed by atoms with Gasteiger partial charge in [0.05, 0.1) is 6.04 Å². The maximum absolute atomic E-state index is 11.6. The van der Waals surface area contributed by atoms with E-state index in [0.717, 1.165) is 13.0 Å². The monoisotopic (exact) mass is 182 g/mol. The van der Waals surface area contributed by atoms with Crippen molar-refractivity contribution in [1.82, 2.24) is 10.6 Å². The highest BCUT2D eigenvalue weighted by atomic mass is 16.2. The van der Waals surface area contributed by atoms with Gasteiger partial charge in [-0.15, -0.1) is 0 Å². The van der Waals surface area contributed by atoms with E-state index in [4.69, 9.17) is 0 Å². The van der Waals surface area contributed by atoms with Gasteiger partial charge in [0, 0.05) is 6.04 Å². The lowest BCUT2D eigenvalue weighted by Gasteiger charge is -2.22. The number of carbonyl (C=O) groups excluding carboxylic acids is 1. The minimum absolute atomic E-state index is 0.0848. The molecule has 74 valence electrons. The van der Waals surface area contributed by atoms with Crippen molar-refractivity contribution in [1.29, 1.82) is 0 Å². The molecular weight excluding hydrogens is 164 g/mol. The predicted molar refractivity (Wildman–Crippen MR) is 51.4 cm³/mol. The molecule has 1 aliphatic heterocycles. The Morgan fingerprint density at radius 3 is 2.77 bits per heavy atom. The van der Waals surface area contributed by atoms with Crippen LogP contribution in [0.15, 0.2) is 0 Å². The van der Waals surface area contributed by atoms with Crippen LogP contribution in [0.1, 0.15) is 32.6 Å². The van der Waals surface area contributed by atoms with Crippen LogP contribution in [-0.2, 0) is 4.79 Å². The summed E-state index contributed by atoms with van der Waals surface area (Å²) in [5, 5.41) is 6.33. The quantitative estimate of drug-likeness (QED) is 0.658. The van der Waals surface area contributed by atoms with E-state index in [9.17, 15) is 4.79 Å². The van der Waals surface area contributed by atoms with Gasteiger partial charge in [-0.3, -0.25) is 4.79 Å². The summed E-state index contributed by atoms with van der Waals surface area (Å²) < 4.78 is 0. The van der Waals surface area contributed by atoms with Crippen molar-refractivity contribution in [3.8, 4) is 0 Å². The maximum atomic E-state index is 11.6. The van der Waals surface area contributed by atoms with Crippen LogP contribution in [0.3, 0.4) is 0 Å². The third-order valence-corrected chi connectivity index (χ3v) is 3.06. The molecule has 3 nitrogen and oxygen atoms in total. The number of amides is 1. The fourth-order valence-electron chi connectivity index (χ4n) is 1.88. The molecule has 1 saturated carbocycles. The molecule has 2 N–H and O–H groups in total. The summed E-state index contributed by atoms with van der Waals surface area (Å²) >= 11 is 0. The lowest BCUT2D eigenvalue weighted by atomic mass is 10.0. The molecule has 1 heterocycles. The zero-order valence-corrected chi connectivity index (χ0v) is 8.18. The molecule has 2 rings (SSSR count). The molecule has 1 amide bonds. The Morgan fingerprint density at radius 2 is 2.23 bits per heavy atom. The van der Waals surface area contributed by atoms with Crippen LogP contribution in [0.4, 0.5) is 0 Å². The number of nitrogens with one attached hydrogen (secondary N) is 2. The second-order valence-corrected chi connectivity index (χ2v) is 4.33. The van der Waals surface area contributed by atoms with Crippen molar-refractivity contribution in [2.24, 2.45) is 5.92 Å². The maximum Gasteiger partial charge on any atom is 0.237 e. The number of hydrogen-bond acceptors (Lipinski definition) is 2. The minimum Gasteiger partial charge on any atom is -0.352 e. The fraction of sp³-hybridized carbons (Fsp3) is 0.900. The summed E-state index contributed by atoms with van der Waals surface area (Å²) in [6.07, 6.45) is 4.57. The molecule has 2 aliphatic rings. The van der Waals surface area contributed by atoms with Crippen LogP contribution in [0.5, 0.6) is 0 Å². The molecule has 0 aromatic carbocycles. The van der Waals surface area contributed by atoms with Crippen LogP contribution in [-0.4, -0.2) is 24.5 Å². The van der Waals surface area contributed by atoms with Gasteiger partial charge in [0.25, 0.3) is 0 Å². The molecule has 1 saturated heterocycles. The lowest BCUT2D eigenvalue weighted by molar-refractivity contribution is -0.123. The first-order valence-corrected chi connectivity index (χ1v) is 5.31. The van der Waals surface area contributed by atoms with Crippen molar-refractivity contribution in [3.05, 3.63) is 0 Å². The van der Waals surface area contributed by atoms with Crippen LogP contribution in [0, 0.1) is 5.92 Å². The summed E-state index contributed by atoms with van der Waals surface area (Å²) in [5.41, 5.74) is 0. The summed E-state index contributed by atoms with van der Waals surface area (Å²) in [5.74, 6) is 0.918. The third kappa shape index (κ3) is 2.21. The van der Waals surface area contributed by atoms with E-state index in [1.54, 1.807) is 0 Å². The average Bonchev–Trinajstić information content (AvgIpc) is 2.83. The average molecular weight is 182 g/mol. The highest BCUT2D eigenvalue weighted by Crippen LogP contribution is 2.29. The van der Waals surface area contributed by atoms with E-state index in [0.29, 0.717) is 12.0 Å². The van der Waals surface area contributed by atoms with Gasteiger partial charge in [0.15, 0.2) is 0 Å². The molecule has 0 radical (unpaired) electrons. The Balaban J connectivity index is 1.75. The Bertz CT molecular complexity index is 199. The summed E-state index contributed by atoms with van der Waals surface area (Å²) in [6, 6.07) is 0.553.